The average molecular weight is 136 g/mol. The standard InChI is InChI=1S/C5H12S2/c1-2-5(7)3-4-6/h5-7H,2-4H2,1H3/t5-/m0/s1. The molecule has 7 heavy (non-hydrogen) atoms. The lowest BCUT2D eigenvalue weighted by Crippen LogP contribution is -1.95. The number of hydrogen-bond donors (Lipinski definition) is 2. The molecule has 2 heteroatoms. The molecule has 0 aromatic carbocycles. The third-order valence-electron chi connectivity index (χ3n) is 0.934. The van der Waals surface area contributed by atoms with Crippen LogP contribution < -0.4 is 0 Å². The van der Waals surface area contributed by atoms with Gasteiger partial charge >= 0.3 is 0 Å². The van der Waals surface area contributed by atoms with E-state index in [2.05, 4.69) is 32.2 Å². The van der Waals surface area contributed by atoms with E-state index in [9.17, 15) is 0 Å². The summed E-state index contributed by atoms with van der Waals surface area (Å²) in [6.07, 6.45) is 2.28. The molecule has 0 fully saturated rings. The molecule has 0 radical (unpaired) electrons. The van der Waals surface area contributed by atoms with E-state index in [1.54, 1.807) is 0 Å². The Balaban J connectivity index is 2.83. The second kappa shape index (κ2) is 4.85. The lowest BCUT2D eigenvalue weighted by Gasteiger charge is -2.01. The van der Waals surface area contributed by atoms with Crippen molar-refractivity contribution in [3.05, 3.63) is 0 Å². The fraction of sp³-hybridized carbons (Fsp3) is 1.00. The molecule has 0 saturated heterocycles. The van der Waals surface area contributed by atoms with Gasteiger partial charge in [-0.15, -0.1) is 0 Å². The first-order chi connectivity index (χ1) is 3.31. The molecule has 0 aromatic rings. The maximum absolute atomic E-state index is 4.26. The molecule has 0 aliphatic heterocycles. The molecule has 0 aliphatic rings. The van der Waals surface area contributed by atoms with Crippen molar-refractivity contribution < 1.29 is 0 Å². The molecule has 0 bridgehead atoms. The summed E-state index contributed by atoms with van der Waals surface area (Å²) < 4.78 is 0. The molecule has 0 aliphatic carbocycles. The molecule has 0 heterocycles. The van der Waals surface area contributed by atoms with Crippen molar-refractivity contribution in [1.29, 1.82) is 0 Å². The van der Waals surface area contributed by atoms with Gasteiger partial charge in [0.15, 0.2) is 0 Å². The predicted molar refractivity (Wildman–Crippen MR) is 41.5 cm³/mol. The van der Waals surface area contributed by atoms with E-state index in [1.807, 2.05) is 0 Å². The minimum absolute atomic E-state index is 0.567. The minimum Gasteiger partial charge on any atom is -0.179 e. The second-order valence-electron chi connectivity index (χ2n) is 1.57. The first kappa shape index (κ1) is 7.70. The zero-order chi connectivity index (χ0) is 5.70. The lowest BCUT2D eigenvalue weighted by atomic mass is 10.3. The maximum atomic E-state index is 4.26. The van der Waals surface area contributed by atoms with Gasteiger partial charge in [-0.25, -0.2) is 0 Å². The summed E-state index contributed by atoms with van der Waals surface area (Å²) in [4.78, 5) is 0. The smallest absolute Gasteiger partial charge is 0.00219 e. The fourth-order valence-electron chi connectivity index (χ4n) is 0.353. The number of hydrogen-bond acceptors (Lipinski definition) is 2. The Bertz CT molecular complexity index is 37.1. The van der Waals surface area contributed by atoms with Gasteiger partial charge in [0.1, 0.15) is 0 Å². The molecule has 0 N–H and O–H groups in total. The van der Waals surface area contributed by atoms with Gasteiger partial charge in [-0.3, -0.25) is 0 Å². The Morgan fingerprint density at radius 2 is 2.14 bits per heavy atom. The van der Waals surface area contributed by atoms with Gasteiger partial charge in [-0.05, 0) is 18.6 Å². The molecule has 44 valence electrons. The Morgan fingerprint density at radius 1 is 1.57 bits per heavy atom. The number of rotatable bonds is 3. The summed E-state index contributed by atoms with van der Waals surface area (Å²) in [6, 6.07) is 0. The topological polar surface area (TPSA) is 0 Å². The highest BCUT2D eigenvalue weighted by Gasteiger charge is 1.94. The van der Waals surface area contributed by atoms with Gasteiger partial charge < -0.3 is 0 Å². The molecule has 0 saturated carbocycles. The zero-order valence-corrected chi connectivity index (χ0v) is 6.38. The van der Waals surface area contributed by atoms with E-state index in [0.717, 1.165) is 18.6 Å². The van der Waals surface area contributed by atoms with Crippen molar-refractivity contribution in [3.8, 4) is 0 Å². The van der Waals surface area contributed by atoms with Crippen LogP contribution in [0.1, 0.15) is 19.8 Å². The zero-order valence-electron chi connectivity index (χ0n) is 4.59. The molecule has 0 aromatic heterocycles. The Kier molecular flexibility index (Phi) is 5.33. The molecule has 0 amide bonds. The van der Waals surface area contributed by atoms with Crippen molar-refractivity contribution in [2.24, 2.45) is 0 Å². The summed E-state index contributed by atoms with van der Waals surface area (Å²) in [5.74, 6) is 0.960. The van der Waals surface area contributed by atoms with Gasteiger partial charge in [-0.2, -0.15) is 25.3 Å². The van der Waals surface area contributed by atoms with E-state index in [0.29, 0.717) is 5.25 Å². The van der Waals surface area contributed by atoms with Gasteiger partial charge in [0.25, 0.3) is 0 Å². The van der Waals surface area contributed by atoms with Crippen LogP contribution in [0.5, 0.6) is 0 Å². The van der Waals surface area contributed by atoms with E-state index in [-0.39, 0.29) is 0 Å². The van der Waals surface area contributed by atoms with Crippen LogP contribution in [0.3, 0.4) is 0 Å². The summed E-state index contributed by atoms with van der Waals surface area (Å²) in [6.45, 7) is 2.14. The van der Waals surface area contributed by atoms with Gasteiger partial charge in [-0.1, -0.05) is 6.92 Å². The fourth-order valence-corrected chi connectivity index (χ4v) is 0.998. The molecule has 0 unspecified atom stereocenters. The minimum atomic E-state index is 0.567. The van der Waals surface area contributed by atoms with Crippen molar-refractivity contribution in [2.45, 2.75) is 25.0 Å². The predicted octanol–water partition coefficient (Wildman–Crippen LogP) is 2.01. The van der Waals surface area contributed by atoms with Gasteiger partial charge in [0.05, 0.1) is 0 Å². The Hall–Kier alpha value is 0.700. The van der Waals surface area contributed by atoms with E-state index in [1.165, 1.54) is 0 Å². The normalized spacial score (nSPS) is 14.1. The first-order valence-electron chi connectivity index (χ1n) is 2.60. The van der Waals surface area contributed by atoms with E-state index >= 15 is 0 Å². The summed E-state index contributed by atoms with van der Waals surface area (Å²) in [5.41, 5.74) is 0. The Morgan fingerprint density at radius 3 is 2.29 bits per heavy atom. The highest BCUT2D eigenvalue weighted by Crippen LogP contribution is 2.05. The molecule has 0 nitrogen and oxygen atoms in total. The van der Waals surface area contributed by atoms with Crippen LogP contribution in [0.25, 0.3) is 0 Å². The van der Waals surface area contributed by atoms with Crippen molar-refractivity contribution in [3.63, 3.8) is 0 Å². The van der Waals surface area contributed by atoms with Crippen molar-refractivity contribution in [2.75, 3.05) is 5.75 Å². The van der Waals surface area contributed by atoms with Crippen LogP contribution in [0.4, 0.5) is 0 Å². The number of thiol groups is 2. The lowest BCUT2D eigenvalue weighted by molar-refractivity contribution is 0.806. The van der Waals surface area contributed by atoms with Crippen molar-refractivity contribution in [1.82, 2.24) is 0 Å². The summed E-state index contributed by atoms with van der Waals surface area (Å²) >= 11 is 8.33. The highest BCUT2D eigenvalue weighted by atomic mass is 32.1. The molecule has 1 atom stereocenters. The van der Waals surface area contributed by atoms with E-state index in [4.69, 9.17) is 0 Å². The highest BCUT2D eigenvalue weighted by molar-refractivity contribution is 7.81. The monoisotopic (exact) mass is 136 g/mol. The maximum Gasteiger partial charge on any atom is 0.00219 e. The van der Waals surface area contributed by atoms with Crippen LogP contribution in [0.2, 0.25) is 0 Å². The van der Waals surface area contributed by atoms with E-state index < -0.39 is 0 Å². The Labute approximate surface area is 56.5 Å². The van der Waals surface area contributed by atoms with Crippen LogP contribution in [0, 0.1) is 0 Å². The van der Waals surface area contributed by atoms with Gasteiger partial charge in [0.2, 0.25) is 0 Å². The molecule has 0 spiro atoms. The second-order valence-corrected chi connectivity index (χ2v) is 2.75. The largest absolute Gasteiger partial charge is 0.179 e. The van der Waals surface area contributed by atoms with Crippen LogP contribution in [0.15, 0.2) is 0 Å². The molecular formula is C5H12S2. The van der Waals surface area contributed by atoms with Crippen LogP contribution in [-0.2, 0) is 0 Å². The van der Waals surface area contributed by atoms with Crippen LogP contribution >= 0.6 is 25.3 Å². The summed E-state index contributed by atoms with van der Waals surface area (Å²) in [7, 11) is 0. The SMILES string of the molecule is CC[C@H](S)CCS. The summed E-state index contributed by atoms with van der Waals surface area (Å²) in [5, 5.41) is 0.567. The van der Waals surface area contributed by atoms with Gasteiger partial charge in [0, 0.05) is 5.25 Å². The average Bonchev–Trinajstić information content (AvgIpc) is 1.68. The molecular weight excluding hydrogens is 124 g/mol. The van der Waals surface area contributed by atoms with Crippen LogP contribution in [-0.4, -0.2) is 11.0 Å². The quantitative estimate of drug-likeness (QED) is 0.545. The first-order valence-corrected chi connectivity index (χ1v) is 3.75. The van der Waals surface area contributed by atoms with Crippen molar-refractivity contribution >= 4 is 25.3 Å². The third kappa shape index (κ3) is 4.56. The third-order valence-corrected chi connectivity index (χ3v) is 1.82. The molecule has 0 rings (SSSR count).